The van der Waals surface area contributed by atoms with Crippen molar-refractivity contribution in [1.82, 2.24) is 0 Å². The van der Waals surface area contributed by atoms with Gasteiger partial charge in [0.15, 0.2) is 0 Å². The van der Waals surface area contributed by atoms with Crippen LogP contribution in [0.1, 0.15) is 35.6 Å². The molecule has 0 saturated carbocycles. The Morgan fingerprint density at radius 1 is 1.15 bits per heavy atom. The first-order valence-electron chi connectivity index (χ1n) is 6.92. The van der Waals surface area contributed by atoms with E-state index in [2.05, 4.69) is 15.9 Å². The lowest BCUT2D eigenvalue weighted by atomic mass is 9.89. The second kappa shape index (κ2) is 5.98. The minimum absolute atomic E-state index is 0.342. The highest BCUT2D eigenvalue weighted by Gasteiger charge is 2.20. The molecule has 1 aliphatic rings. The lowest BCUT2D eigenvalue weighted by Crippen LogP contribution is -2.11. The summed E-state index contributed by atoms with van der Waals surface area (Å²) in [4.78, 5) is 0. The molecule has 0 radical (unpaired) electrons. The Morgan fingerprint density at radius 3 is 2.85 bits per heavy atom. The van der Waals surface area contributed by atoms with Crippen molar-refractivity contribution in [3.05, 3.63) is 63.6 Å². The fourth-order valence-electron chi connectivity index (χ4n) is 2.70. The van der Waals surface area contributed by atoms with Gasteiger partial charge in [-0.25, -0.2) is 0 Å². The smallest absolute Gasteiger partial charge is 0.123 e. The molecule has 2 aromatic rings. The second-order valence-corrected chi connectivity index (χ2v) is 5.97. The normalized spacial score (nSPS) is 17.6. The van der Waals surface area contributed by atoms with Crippen molar-refractivity contribution in [3.63, 3.8) is 0 Å². The topological polar surface area (TPSA) is 29.5 Å². The predicted octanol–water partition coefficient (Wildman–Crippen LogP) is 4.40. The average molecular weight is 333 g/mol. The van der Waals surface area contributed by atoms with Crippen molar-refractivity contribution in [2.75, 3.05) is 0 Å². The molecule has 0 aromatic heterocycles. The van der Waals surface area contributed by atoms with Gasteiger partial charge < -0.3 is 9.84 Å². The van der Waals surface area contributed by atoms with Crippen molar-refractivity contribution >= 4 is 15.9 Å². The van der Waals surface area contributed by atoms with Crippen LogP contribution in [0, 0.1) is 0 Å². The molecule has 3 rings (SSSR count). The largest absolute Gasteiger partial charge is 0.489 e. The van der Waals surface area contributed by atoms with Gasteiger partial charge in [0.1, 0.15) is 12.4 Å². The Balaban J connectivity index is 1.82. The number of halogens is 1. The van der Waals surface area contributed by atoms with E-state index < -0.39 is 0 Å². The van der Waals surface area contributed by atoms with Gasteiger partial charge in [-0.05, 0) is 42.5 Å². The summed E-state index contributed by atoms with van der Waals surface area (Å²) in [6.45, 7) is 0.536. The Kier molecular flexibility index (Phi) is 4.08. The van der Waals surface area contributed by atoms with Crippen LogP contribution in [0.25, 0.3) is 0 Å². The molecule has 0 heterocycles. The number of rotatable bonds is 3. The molecule has 1 aliphatic carbocycles. The zero-order valence-corrected chi connectivity index (χ0v) is 12.8. The third-order valence-electron chi connectivity index (χ3n) is 3.77. The minimum Gasteiger partial charge on any atom is -0.489 e. The summed E-state index contributed by atoms with van der Waals surface area (Å²) in [5.74, 6) is 0.900. The van der Waals surface area contributed by atoms with E-state index in [0.29, 0.717) is 6.61 Å². The highest BCUT2D eigenvalue weighted by molar-refractivity contribution is 9.10. The number of ether oxygens (including phenoxy) is 1. The molecule has 1 atom stereocenters. The molecule has 2 nitrogen and oxygen atoms in total. The van der Waals surface area contributed by atoms with Gasteiger partial charge in [-0.15, -0.1) is 0 Å². The van der Waals surface area contributed by atoms with Crippen LogP contribution in [0.3, 0.4) is 0 Å². The van der Waals surface area contributed by atoms with Crippen LogP contribution >= 0.6 is 15.9 Å². The molecule has 1 unspecified atom stereocenters. The molecule has 104 valence electrons. The van der Waals surface area contributed by atoms with Crippen molar-refractivity contribution in [3.8, 4) is 5.75 Å². The quantitative estimate of drug-likeness (QED) is 0.902. The molecule has 0 bridgehead atoms. The molecule has 0 amide bonds. The zero-order valence-electron chi connectivity index (χ0n) is 11.2. The second-order valence-electron chi connectivity index (χ2n) is 5.11. The zero-order chi connectivity index (χ0) is 13.9. The number of aliphatic hydroxyl groups is 1. The van der Waals surface area contributed by atoms with Crippen LogP contribution in [-0.4, -0.2) is 5.11 Å². The number of benzene rings is 2. The first kappa shape index (κ1) is 13.7. The molecule has 1 N–H and O–H groups in total. The Hall–Kier alpha value is -1.32. The van der Waals surface area contributed by atoms with Crippen molar-refractivity contribution in [1.29, 1.82) is 0 Å². The van der Waals surface area contributed by atoms with E-state index in [9.17, 15) is 5.11 Å². The molecule has 2 aromatic carbocycles. The monoisotopic (exact) mass is 332 g/mol. The van der Waals surface area contributed by atoms with Crippen molar-refractivity contribution in [2.45, 2.75) is 32.0 Å². The first-order valence-corrected chi connectivity index (χ1v) is 7.71. The number of aliphatic hydroxyl groups excluding tert-OH is 1. The van der Waals surface area contributed by atoms with Gasteiger partial charge in [0.2, 0.25) is 0 Å². The summed E-state index contributed by atoms with van der Waals surface area (Å²) in [5.41, 5.74) is 3.32. The van der Waals surface area contributed by atoms with Crippen LogP contribution in [-0.2, 0) is 13.0 Å². The van der Waals surface area contributed by atoms with E-state index in [4.69, 9.17) is 4.74 Å². The molecule has 0 fully saturated rings. The van der Waals surface area contributed by atoms with E-state index in [1.54, 1.807) is 0 Å². The van der Waals surface area contributed by atoms with Gasteiger partial charge in [-0.1, -0.05) is 46.3 Å². The van der Waals surface area contributed by atoms with Crippen LogP contribution in [0.5, 0.6) is 5.75 Å². The summed E-state index contributed by atoms with van der Waals surface area (Å²) < 4.78 is 7.04. The van der Waals surface area contributed by atoms with Gasteiger partial charge in [0.25, 0.3) is 0 Å². The predicted molar refractivity (Wildman–Crippen MR) is 82.8 cm³/mol. The van der Waals surface area contributed by atoms with Gasteiger partial charge in [0, 0.05) is 10.0 Å². The standard InChI is InChI=1S/C17H17BrO2/c18-15-8-2-1-5-12(15)11-20-17-10-4-6-13-14(17)7-3-9-16(13)19/h1-2,4-6,8,10,16,19H,3,7,9,11H2. The first-order chi connectivity index (χ1) is 9.75. The van der Waals surface area contributed by atoms with Crippen LogP contribution in [0.2, 0.25) is 0 Å². The highest BCUT2D eigenvalue weighted by atomic mass is 79.9. The lowest BCUT2D eigenvalue weighted by molar-refractivity contribution is 0.155. The van der Waals surface area contributed by atoms with E-state index in [1.807, 2.05) is 42.5 Å². The van der Waals surface area contributed by atoms with Gasteiger partial charge >= 0.3 is 0 Å². The Labute approximate surface area is 127 Å². The molecule has 3 heteroatoms. The fourth-order valence-corrected chi connectivity index (χ4v) is 3.10. The highest BCUT2D eigenvalue weighted by Crippen LogP contribution is 2.35. The number of hydrogen-bond acceptors (Lipinski definition) is 2. The maximum absolute atomic E-state index is 10.1. The van der Waals surface area contributed by atoms with Crippen LogP contribution in [0.4, 0.5) is 0 Å². The van der Waals surface area contributed by atoms with Crippen LogP contribution in [0.15, 0.2) is 46.9 Å². The fraction of sp³-hybridized carbons (Fsp3) is 0.294. The summed E-state index contributed by atoms with van der Waals surface area (Å²) in [6.07, 6.45) is 2.51. The van der Waals surface area contributed by atoms with E-state index in [0.717, 1.165) is 40.6 Å². The average Bonchev–Trinajstić information content (AvgIpc) is 2.47. The van der Waals surface area contributed by atoms with Gasteiger partial charge in [0.05, 0.1) is 6.10 Å². The minimum atomic E-state index is -0.342. The molecule has 0 saturated heterocycles. The van der Waals surface area contributed by atoms with Gasteiger partial charge in [-0.3, -0.25) is 0 Å². The third kappa shape index (κ3) is 2.74. The van der Waals surface area contributed by atoms with E-state index in [-0.39, 0.29) is 6.10 Å². The Morgan fingerprint density at radius 2 is 2.00 bits per heavy atom. The van der Waals surface area contributed by atoms with Crippen LogP contribution < -0.4 is 4.74 Å². The Bertz CT molecular complexity index is 610. The summed E-state index contributed by atoms with van der Waals surface area (Å²) in [7, 11) is 0. The maximum atomic E-state index is 10.1. The molecular formula is C17H17BrO2. The van der Waals surface area contributed by atoms with Crippen molar-refractivity contribution < 1.29 is 9.84 Å². The van der Waals surface area contributed by atoms with Crippen molar-refractivity contribution in [2.24, 2.45) is 0 Å². The summed E-state index contributed by atoms with van der Waals surface area (Å²) >= 11 is 3.53. The molecule has 0 spiro atoms. The van der Waals surface area contributed by atoms with E-state index >= 15 is 0 Å². The maximum Gasteiger partial charge on any atom is 0.123 e. The van der Waals surface area contributed by atoms with E-state index in [1.165, 1.54) is 5.56 Å². The number of fused-ring (bicyclic) bond motifs is 1. The lowest BCUT2D eigenvalue weighted by Gasteiger charge is -2.23. The third-order valence-corrected chi connectivity index (χ3v) is 4.55. The SMILES string of the molecule is OC1CCCc2c(OCc3ccccc3Br)cccc21. The summed E-state index contributed by atoms with van der Waals surface area (Å²) in [6, 6.07) is 14.0. The molecular weight excluding hydrogens is 316 g/mol. The molecule has 20 heavy (non-hydrogen) atoms. The summed E-state index contributed by atoms with van der Waals surface area (Å²) in [5, 5.41) is 10.1. The molecule has 0 aliphatic heterocycles. The van der Waals surface area contributed by atoms with Gasteiger partial charge in [-0.2, -0.15) is 0 Å². The number of hydrogen-bond donors (Lipinski definition) is 1.